The number of hydrogen-bond acceptors (Lipinski definition) is 5. The number of piperidine rings is 1. The summed E-state index contributed by atoms with van der Waals surface area (Å²) in [5, 5.41) is 11.7. The maximum absolute atomic E-state index is 8.50. The predicted molar refractivity (Wildman–Crippen MR) is 51.9 cm³/mol. The zero-order chi connectivity index (χ0) is 8.97. The molecule has 1 fully saturated rings. The molecule has 1 rings (SSSR count). The molecule has 12 heavy (non-hydrogen) atoms. The van der Waals surface area contributed by atoms with E-state index in [9.17, 15) is 0 Å². The van der Waals surface area contributed by atoms with Gasteiger partial charge in [-0.25, -0.2) is 0 Å². The van der Waals surface area contributed by atoms with Crippen LogP contribution < -0.4 is 5.73 Å². The van der Waals surface area contributed by atoms with Gasteiger partial charge in [0.15, 0.2) is 0 Å². The Kier molecular flexibility index (Phi) is 3.84. The summed E-state index contributed by atoms with van der Waals surface area (Å²) in [6, 6.07) is 0. The Morgan fingerprint density at radius 3 is 2.58 bits per heavy atom. The van der Waals surface area contributed by atoms with Crippen molar-refractivity contribution in [2.75, 3.05) is 18.8 Å². The molecule has 1 atom stereocenters. The molecule has 1 heterocycles. The van der Waals surface area contributed by atoms with E-state index in [4.69, 9.17) is 10.9 Å². The number of oxime groups is 1. The molecular formula is C7H15N3OS. The molecule has 0 aliphatic carbocycles. The van der Waals surface area contributed by atoms with E-state index in [1.165, 1.54) is 0 Å². The molecule has 1 saturated heterocycles. The summed E-state index contributed by atoms with van der Waals surface area (Å²) in [6.07, 6.45) is 1.67. The lowest BCUT2D eigenvalue weighted by molar-refractivity contribution is 0.212. The van der Waals surface area contributed by atoms with E-state index in [-0.39, 0.29) is 6.17 Å². The number of rotatable bonds is 2. The standard InChI is InChI=1S/C7H15N3OS/c8-7(5-12)10-3-1-6(9-11)2-4-10/h7,11-12H,1-5,8H2. The molecule has 0 aromatic rings. The van der Waals surface area contributed by atoms with Gasteiger partial charge >= 0.3 is 0 Å². The smallest absolute Gasteiger partial charge is 0.0662 e. The Hall–Kier alpha value is -0.260. The zero-order valence-corrected chi connectivity index (χ0v) is 7.87. The third-order valence-corrected chi connectivity index (χ3v) is 2.55. The lowest BCUT2D eigenvalue weighted by atomic mass is 10.1. The largest absolute Gasteiger partial charge is 0.411 e. The molecule has 1 aliphatic rings. The number of thiol groups is 1. The monoisotopic (exact) mass is 189 g/mol. The fraction of sp³-hybridized carbons (Fsp3) is 0.857. The highest BCUT2D eigenvalue weighted by Crippen LogP contribution is 2.08. The van der Waals surface area contributed by atoms with E-state index in [1.807, 2.05) is 0 Å². The van der Waals surface area contributed by atoms with Crippen LogP contribution in [0.1, 0.15) is 12.8 Å². The first-order chi connectivity index (χ1) is 5.77. The Bertz CT molecular complexity index is 164. The maximum Gasteiger partial charge on any atom is 0.0662 e. The molecule has 3 N–H and O–H groups in total. The average molecular weight is 189 g/mol. The van der Waals surface area contributed by atoms with Crippen LogP contribution in [0.3, 0.4) is 0 Å². The Morgan fingerprint density at radius 2 is 2.17 bits per heavy atom. The highest BCUT2D eigenvalue weighted by molar-refractivity contribution is 7.80. The van der Waals surface area contributed by atoms with Crippen LogP contribution in [-0.4, -0.2) is 40.8 Å². The third kappa shape index (κ3) is 2.36. The molecule has 1 aliphatic heterocycles. The quantitative estimate of drug-likeness (QED) is 0.329. The average Bonchev–Trinajstić information content (AvgIpc) is 2.17. The van der Waals surface area contributed by atoms with Crippen LogP contribution in [0.25, 0.3) is 0 Å². The first-order valence-corrected chi connectivity index (χ1v) is 4.71. The van der Waals surface area contributed by atoms with E-state index >= 15 is 0 Å². The molecule has 70 valence electrons. The molecule has 0 spiro atoms. The summed E-state index contributed by atoms with van der Waals surface area (Å²) in [5.74, 6) is 0.672. The summed E-state index contributed by atoms with van der Waals surface area (Å²) in [6.45, 7) is 1.75. The molecule has 0 amide bonds. The predicted octanol–water partition coefficient (Wildman–Crippen LogP) is 0.127. The molecule has 0 saturated carbocycles. The van der Waals surface area contributed by atoms with E-state index in [0.29, 0.717) is 5.75 Å². The van der Waals surface area contributed by atoms with Gasteiger partial charge < -0.3 is 10.9 Å². The summed E-state index contributed by atoms with van der Waals surface area (Å²) in [7, 11) is 0. The summed E-state index contributed by atoms with van der Waals surface area (Å²) < 4.78 is 0. The molecule has 0 aromatic heterocycles. The van der Waals surface area contributed by atoms with Gasteiger partial charge in [-0.1, -0.05) is 5.16 Å². The van der Waals surface area contributed by atoms with Crippen LogP contribution in [0.5, 0.6) is 0 Å². The van der Waals surface area contributed by atoms with Crippen molar-refractivity contribution in [1.82, 2.24) is 4.90 Å². The van der Waals surface area contributed by atoms with Crippen molar-refractivity contribution < 1.29 is 5.21 Å². The van der Waals surface area contributed by atoms with E-state index < -0.39 is 0 Å². The Morgan fingerprint density at radius 1 is 1.58 bits per heavy atom. The maximum atomic E-state index is 8.50. The molecule has 1 unspecified atom stereocenters. The number of hydrogen-bond donors (Lipinski definition) is 3. The van der Waals surface area contributed by atoms with E-state index in [1.54, 1.807) is 0 Å². The van der Waals surface area contributed by atoms with Gasteiger partial charge in [0, 0.05) is 31.7 Å². The molecule has 0 radical (unpaired) electrons. The second-order valence-electron chi connectivity index (χ2n) is 2.95. The van der Waals surface area contributed by atoms with Gasteiger partial charge in [0.25, 0.3) is 0 Å². The number of nitrogens with zero attached hydrogens (tertiary/aromatic N) is 2. The molecule has 5 heteroatoms. The lowest BCUT2D eigenvalue weighted by Crippen LogP contribution is -2.47. The van der Waals surface area contributed by atoms with Crippen LogP contribution in [0, 0.1) is 0 Å². The fourth-order valence-electron chi connectivity index (χ4n) is 1.33. The lowest BCUT2D eigenvalue weighted by Gasteiger charge is -2.31. The van der Waals surface area contributed by atoms with Crippen molar-refractivity contribution in [1.29, 1.82) is 0 Å². The zero-order valence-electron chi connectivity index (χ0n) is 6.98. The summed E-state index contributed by atoms with van der Waals surface area (Å²) >= 11 is 4.12. The molecular weight excluding hydrogens is 174 g/mol. The third-order valence-electron chi connectivity index (χ3n) is 2.17. The van der Waals surface area contributed by atoms with Gasteiger partial charge in [-0.2, -0.15) is 12.6 Å². The first-order valence-electron chi connectivity index (χ1n) is 4.08. The normalized spacial score (nSPS) is 22.3. The topological polar surface area (TPSA) is 61.8 Å². The van der Waals surface area contributed by atoms with Gasteiger partial charge in [0.2, 0.25) is 0 Å². The Balaban J connectivity index is 2.35. The van der Waals surface area contributed by atoms with Crippen LogP contribution >= 0.6 is 12.6 Å². The molecule has 4 nitrogen and oxygen atoms in total. The van der Waals surface area contributed by atoms with Crippen LogP contribution in [-0.2, 0) is 0 Å². The van der Waals surface area contributed by atoms with Crippen molar-refractivity contribution in [3.8, 4) is 0 Å². The minimum Gasteiger partial charge on any atom is -0.411 e. The van der Waals surface area contributed by atoms with Gasteiger partial charge in [0.1, 0.15) is 0 Å². The molecule has 0 bridgehead atoms. The van der Waals surface area contributed by atoms with Crippen molar-refractivity contribution in [3.63, 3.8) is 0 Å². The highest BCUT2D eigenvalue weighted by atomic mass is 32.1. The highest BCUT2D eigenvalue weighted by Gasteiger charge is 2.19. The minimum atomic E-state index is 0.0357. The first kappa shape index (κ1) is 9.83. The number of nitrogens with two attached hydrogens (primary N) is 1. The minimum absolute atomic E-state index is 0.0357. The summed E-state index contributed by atoms with van der Waals surface area (Å²) in [5.41, 5.74) is 6.65. The number of likely N-dealkylation sites (tertiary alicyclic amines) is 1. The second-order valence-corrected chi connectivity index (χ2v) is 3.32. The van der Waals surface area contributed by atoms with Crippen molar-refractivity contribution in [3.05, 3.63) is 0 Å². The second kappa shape index (κ2) is 4.69. The van der Waals surface area contributed by atoms with Gasteiger partial charge in [-0.3, -0.25) is 4.90 Å². The fourth-order valence-corrected chi connectivity index (χ4v) is 1.56. The van der Waals surface area contributed by atoms with Gasteiger partial charge in [-0.05, 0) is 0 Å². The van der Waals surface area contributed by atoms with Crippen LogP contribution in [0.2, 0.25) is 0 Å². The summed E-state index contributed by atoms with van der Waals surface area (Å²) in [4.78, 5) is 2.15. The van der Waals surface area contributed by atoms with Gasteiger partial charge in [0.05, 0.1) is 11.9 Å². The van der Waals surface area contributed by atoms with Crippen LogP contribution in [0.4, 0.5) is 0 Å². The van der Waals surface area contributed by atoms with Crippen LogP contribution in [0.15, 0.2) is 5.16 Å². The SMILES string of the molecule is NC(CS)N1CCC(=NO)CC1. The van der Waals surface area contributed by atoms with E-state index in [0.717, 1.165) is 31.6 Å². The van der Waals surface area contributed by atoms with Crippen molar-refractivity contribution in [2.45, 2.75) is 19.0 Å². The van der Waals surface area contributed by atoms with Crippen molar-refractivity contribution >= 4 is 18.3 Å². The Labute approximate surface area is 77.8 Å². The van der Waals surface area contributed by atoms with Gasteiger partial charge in [-0.15, -0.1) is 0 Å². The van der Waals surface area contributed by atoms with E-state index in [2.05, 4.69) is 22.7 Å². The molecule has 0 aromatic carbocycles. The van der Waals surface area contributed by atoms with Crippen molar-refractivity contribution in [2.24, 2.45) is 10.9 Å².